The average Bonchev–Trinajstić information content (AvgIpc) is 2.58. The van der Waals surface area contributed by atoms with Gasteiger partial charge >= 0.3 is 5.97 Å². The molecule has 1 aromatic rings. The molecule has 0 aromatic heterocycles. The summed E-state index contributed by atoms with van der Waals surface area (Å²) in [7, 11) is 0. The van der Waals surface area contributed by atoms with Gasteiger partial charge in [0.15, 0.2) is 10.9 Å². The summed E-state index contributed by atoms with van der Waals surface area (Å²) in [5.41, 5.74) is 0.957. The fourth-order valence-electron chi connectivity index (χ4n) is 2.70. The van der Waals surface area contributed by atoms with Crippen molar-refractivity contribution in [2.75, 3.05) is 13.2 Å². The maximum atomic E-state index is 12.4. The molecule has 1 heterocycles. The standard InChI is InChI=1S/C20H26N2O4S/c1-6-25-18(24)16-12(2)21-19(27)22-17(16)13-8-7-9-14(10-13)26-11-15(23)20(3,4)5/h7-10,16-17H,6,11H2,1-5H3,(H,22,27). The number of ketones is 1. The van der Waals surface area contributed by atoms with E-state index in [4.69, 9.17) is 21.7 Å². The number of nitrogens with zero attached hydrogens (tertiary/aromatic N) is 1. The molecule has 0 fully saturated rings. The van der Waals surface area contributed by atoms with Gasteiger partial charge in [-0.3, -0.25) is 9.59 Å². The zero-order valence-electron chi connectivity index (χ0n) is 16.4. The van der Waals surface area contributed by atoms with Crippen LogP contribution < -0.4 is 10.1 Å². The first-order valence-corrected chi connectivity index (χ1v) is 9.32. The zero-order chi connectivity index (χ0) is 20.2. The summed E-state index contributed by atoms with van der Waals surface area (Å²) in [5, 5.41) is 3.42. The number of carbonyl (C=O) groups excluding carboxylic acids is 2. The Kier molecular flexibility index (Phi) is 6.70. The van der Waals surface area contributed by atoms with Crippen molar-refractivity contribution in [2.45, 2.75) is 40.7 Å². The summed E-state index contributed by atoms with van der Waals surface area (Å²) < 4.78 is 10.9. The van der Waals surface area contributed by atoms with Crippen LogP contribution in [0.1, 0.15) is 46.2 Å². The Balaban J connectivity index is 2.25. The van der Waals surface area contributed by atoms with Crippen molar-refractivity contribution in [2.24, 2.45) is 16.3 Å². The predicted molar refractivity (Wildman–Crippen MR) is 108 cm³/mol. The Hall–Kier alpha value is -2.28. The Bertz CT molecular complexity index is 767. The normalized spacial score (nSPS) is 19.7. The van der Waals surface area contributed by atoms with Crippen LogP contribution in [0.25, 0.3) is 0 Å². The van der Waals surface area contributed by atoms with Crippen LogP contribution >= 0.6 is 12.2 Å². The van der Waals surface area contributed by atoms with Crippen molar-refractivity contribution in [1.82, 2.24) is 5.32 Å². The summed E-state index contributed by atoms with van der Waals surface area (Å²) in [6, 6.07) is 6.88. The highest BCUT2D eigenvalue weighted by atomic mass is 32.1. The van der Waals surface area contributed by atoms with Gasteiger partial charge in [0.1, 0.15) is 18.3 Å². The van der Waals surface area contributed by atoms with Crippen LogP contribution in [0, 0.1) is 11.3 Å². The van der Waals surface area contributed by atoms with Crippen molar-refractivity contribution in [1.29, 1.82) is 0 Å². The molecule has 2 rings (SSSR count). The van der Waals surface area contributed by atoms with E-state index >= 15 is 0 Å². The Labute approximate surface area is 165 Å². The number of Topliss-reactive ketones (excluding diaryl/α,β-unsaturated/α-hetero) is 1. The minimum Gasteiger partial charge on any atom is -0.486 e. The average molecular weight is 391 g/mol. The summed E-state index contributed by atoms with van der Waals surface area (Å²) >= 11 is 5.20. The van der Waals surface area contributed by atoms with E-state index in [0.29, 0.717) is 16.6 Å². The van der Waals surface area contributed by atoms with Crippen LogP contribution in [-0.2, 0) is 14.3 Å². The molecule has 1 aliphatic heterocycles. The van der Waals surface area contributed by atoms with Gasteiger partial charge in [-0.2, -0.15) is 0 Å². The maximum absolute atomic E-state index is 12.4. The third kappa shape index (κ3) is 5.35. The van der Waals surface area contributed by atoms with Gasteiger partial charge in [0.25, 0.3) is 0 Å². The number of hydrogen-bond acceptors (Lipinski definition) is 5. The van der Waals surface area contributed by atoms with Gasteiger partial charge < -0.3 is 14.8 Å². The fraction of sp³-hybridized carbons (Fsp3) is 0.500. The topological polar surface area (TPSA) is 77.0 Å². The molecule has 6 nitrogen and oxygen atoms in total. The first kappa shape index (κ1) is 21.0. The van der Waals surface area contributed by atoms with E-state index in [-0.39, 0.29) is 25.0 Å². The predicted octanol–water partition coefficient (Wildman–Crippen LogP) is 3.25. The second-order valence-electron chi connectivity index (χ2n) is 7.44. The van der Waals surface area contributed by atoms with E-state index in [1.807, 2.05) is 32.9 Å². The van der Waals surface area contributed by atoms with Crippen molar-refractivity contribution < 1.29 is 19.1 Å². The minimum absolute atomic E-state index is 0.00868. The van der Waals surface area contributed by atoms with Gasteiger partial charge in [0, 0.05) is 11.1 Å². The molecular weight excluding hydrogens is 364 g/mol. The molecule has 0 amide bonds. The molecule has 27 heavy (non-hydrogen) atoms. The van der Waals surface area contributed by atoms with Gasteiger partial charge in [-0.05, 0) is 43.8 Å². The summed E-state index contributed by atoms with van der Waals surface area (Å²) in [4.78, 5) is 28.8. The van der Waals surface area contributed by atoms with E-state index in [1.54, 1.807) is 26.0 Å². The fourth-order valence-corrected chi connectivity index (χ4v) is 2.97. The van der Waals surface area contributed by atoms with Crippen LogP contribution in [0.4, 0.5) is 0 Å². The maximum Gasteiger partial charge on any atom is 0.317 e. The first-order chi connectivity index (χ1) is 12.6. The number of carbonyl (C=O) groups is 2. The molecule has 1 aromatic carbocycles. The highest BCUT2D eigenvalue weighted by molar-refractivity contribution is 7.80. The number of rotatable bonds is 6. The van der Waals surface area contributed by atoms with Crippen LogP contribution in [0.2, 0.25) is 0 Å². The summed E-state index contributed by atoms with van der Waals surface area (Å²) in [6.07, 6.45) is 0. The van der Waals surface area contributed by atoms with Crippen molar-refractivity contribution in [3.8, 4) is 5.75 Å². The quantitative estimate of drug-likeness (QED) is 0.593. The van der Waals surface area contributed by atoms with Gasteiger partial charge in [-0.1, -0.05) is 32.9 Å². The second-order valence-corrected chi connectivity index (χ2v) is 7.83. The minimum atomic E-state index is -0.580. The van der Waals surface area contributed by atoms with E-state index < -0.39 is 17.4 Å². The number of nitrogens with one attached hydrogen (secondary N) is 1. The zero-order valence-corrected chi connectivity index (χ0v) is 17.2. The molecule has 0 spiro atoms. The number of esters is 1. The molecule has 2 atom stereocenters. The smallest absolute Gasteiger partial charge is 0.317 e. The van der Waals surface area contributed by atoms with Crippen LogP contribution in [0.5, 0.6) is 5.75 Å². The van der Waals surface area contributed by atoms with Gasteiger partial charge in [0.2, 0.25) is 0 Å². The molecule has 2 unspecified atom stereocenters. The second kappa shape index (κ2) is 8.61. The lowest BCUT2D eigenvalue weighted by Gasteiger charge is -2.31. The van der Waals surface area contributed by atoms with Crippen LogP contribution in [-0.4, -0.2) is 35.8 Å². The molecule has 0 saturated carbocycles. The summed E-state index contributed by atoms with van der Waals surface area (Å²) in [6.45, 7) is 9.38. The lowest BCUT2D eigenvalue weighted by molar-refractivity contribution is -0.146. The number of hydrogen-bond donors (Lipinski definition) is 1. The van der Waals surface area contributed by atoms with Crippen molar-refractivity contribution in [3.05, 3.63) is 29.8 Å². The number of thiocarbonyl (C=S) groups is 1. The van der Waals surface area contributed by atoms with Crippen LogP contribution in [0.3, 0.4) is 0 Å². The molecule has 0 bridgehead atoms. The van der Waals surface area contributed by atoms with Gasteiger partial charge in [0.05, 0.1) is 12.6 Å². The SMILES string of the molecule is CCOC(=O)C1C(C)=NC(=S)NC1c1cccc(OCC(=O)C(C)(C)C)c1. The van der Waals surface area contributed by atoms with Crippen LogP contribution in [0.15, 0.2) is 29.3 Å². The molecular formula is C20H26N2O4S. The van der Waals surface area contributed by atoms with Gasteiger partial charge in [-0.25, -0.2) is 4.99 Å². The Morgan fingerprint density at radius 2 is 2.00 bits per heavy atom. The third-order valence-electron chi connectivity index (χ3n) is 4.30. The highest BCUT2D eigenvalue weighted by Crippen LogP contribution is 2.30. The van der Waals surface area contributed by atoms with Crippen molar-refractivity contribution >= 4 is 34.8 Å². The number of aliphatic imine (C=N–C) groups is 1. The largest absolute Gasteiger partial charge is 0.486 e. The van der Waals surface area contributed by atoms with E-state index in [0.717, 1.165) is 5.56 Å². The molecule has 0 saturated heterocycles. The monoisotopic (exact) mass is 390 g/mol. The number of benzene rings is 1. The molecule has 1 N–H and O–H groups in total. The third-order valence-corrected chi connectivity index (χ3v) is 4.51. The molecule has 0 radical (unpaired) electrons. The molecule has 0 aliphatic carbocycles. The first-order valence-electron chi connectivity index (χ1n) is 8.92. The van der Waals surface area contributed by atoms with E-state index in [2.05, 4.69) is 10.3 Å². The van der Waals surface area contributed by atoms with E-state index in [9.17, 15) is 9.59 Å². The lowest BCUT2D eigenvalue weighted by atomic mass is 9.88. The molecule has 1 aliphatic rings. The molecule has 146 valence electrons. The molecule has 7 heteroatoms. The van der Waals surface area contributed by atoms with Gasteiger partial charge in [-0.15, -0.1) is 0 Å². The van der Waals surface area contributed by atoms with E-state index in [1.165, 1.54) is 0 Å². The number of ether oxygens (including phenoxy) is 2. The van der Waals surface area contributed by atoms with Crippen molar-refractivity contribution in [3.63, 3.8) is 0 Å². The Morgan fingerprint density at radius 3 is 2.63 bits per heavy atom. The summed E-state index contributed by atoms with van der Waals surface area (Å²) in [5.74, 6) is -0.367. The Morgan fingerprint density at radius 1 is 1.30 bits per heavy atom. The lowest BCUT2D eigenvalue weighted by Crippen LogP contribution is -2.44. The highest BCUT2D eigenvalue weighted by Gasteiger charge is 2.37.